The number of aliphatic imine (C=N–C) groups is 1. The zero-order valence-electron chi connectivity index (χ0n) is 17.1. The first-order valence-corrected chi connectivity index (χ1v) is 9.62. The topological polar surface area (TPSA) is 54.9 Å². The molecule has 158 valence electrons. The van der Waals surface area contributed by atoms with Gasteiger partial charge in [-0.1, -0.05) is 24.3 Å². The van der Waals surface area contributed by atoms with Gasteiger partial charge in [0.25, 0.3) is 0 Å². The van der Waals surface area contributed by atoms with Crippen LogP contribution in [0.5, 0.6) is 11.5 Å². The molecule has 0 heterocycles. The fraction of sp³-hybridized carbons (Fsp3) is 0.409. The molecule has 1 atom stereocenters. The second-order valence-electron chi connectivity index (χ2n) is 7.05. The van der Waals surface area contributed by atoms with E-state index in [1.165, 1.54) is 18.9 Å². The number of guanidine groups is 1. The summed E-state index contributed by atoms with van der Waals surface area (Å²) in [6.07, 6.45) is 2.36. The maximum absolute atomic E-state index is 14.3. The van der Waals surface area contributed by atoms with Crippen molar-refractivity contribution in [1.82, 2.24) is 10.6 Å². The van der Waals surface area contributed by atoms with Crippen LogP contribution in [0.2, 0.25) is 0 Å². The van der Waals surface area contributed by atoms with Crippen molar-refractivity contribution >= 4 is 29.9 Å². The van der Waals surface area contributed by atoms with Gasteiger partial charge in [-0.25, -0.2) is 4.39 Å². The van der Waals surface area contributed by atoms with E-state index in [1.54, 1.807) is 20.2 Å². The maximum atomic E-state index is 14.3. The summed E-state index contributed by atoms with van der Waals surface area (Å²) in [5.74, 6) is 2.04. The van der Waals surface area contributed by atoms with Crippen molar-refractivity contribution in [3.63, 3.8) is 0 Å². The molecule has 1 aliphatic carbocycles. The van der Waals surface area contributed by atoms with Crippen LogP contribution in [0.1, 0.15) is 36.9 Å². The molecule has 1 unspecified atom stereocenters. The highest BCUT2D eigenvalue weighted by Gasteiger charge is 2.22. The number of rotatable bonds is 8. The van der Waals surface area contributed by atoms with Gasteiger partial charge < -0.3 is 20.1 Å². The zero-order chi connectivity index (χ0) is 19.9. The van der Waals surface area contributed by atoms with E-state index in [9.17, 15) is 4.39 Å². The molecule has 0 aromatic heterocycles. The molecule has 7 heteroatoms. The molecule has 2 aromatic carbocycles. The summed E-state index contributed by atoms with van der Waals surface area (Å²) < 4.78 is 25.3. The van der Waals surface area contributed by atoms with Crippen LogP contribution in [0, 0.1) is 11.7 Å². The molecule has 0 aliphatic heterocycles. The monoisotopic (exact) mass is 513 g/mol. The molecule has 2 aromatic rings. The van der Waals surface area contributed by atoms with Crippen LogP contribution in [-0.4, -0.2) is 26.7 Å². The third-order valence-electron chi connectivity index (χ3n) is 4.84. The zero-order valence-corrected chi connectivity index (χ0v) is 19.4. The van der Waals surface area contributed by atoms with Crippen molar-refractivity contribution in [1.29, 1.82) is 0 Å². The van der Waals surface area contributed by atoms with Gasteiger partial charge >= 0.3 is 0 Å². The van der Waals surface area contributed by atoms with E-state index in [0.29, 0.717) is 30.8 Å². The average molecular weight is 513 g/mol. The Bertz CT molecular complexity index is 827. The van der Waals surface area contributed by atoms with Gasteiger partial charge in [0.1, 0.15) is 5.75 Å². The minimum atomic E-state index is -0.330. The second-order valence-corrected chi connectivity index (χ2v) is 7.05. The van der Waals surface area contributed by atoms with E-state index in [0.717, 1.165) is 16.9 Å². The Morgan fingerprint density at radius 2 is 1.97 bits per heavy atom. The number of halogens is 2. The molecular formula is C22H29FIN3O2. The summed E-state index contributed by atoms with van der Waals surface area (Å²) in [5, 5.41) is 6.56. The quantitative estimate of drug-likeness (QED) is 0.306. The number of hydrogen-bond acceptors (Lipinski definition) is 3. The number of benzene rings is 2. The lowest BCUT2D eigenvalue weighted by molar-refractivity contribution is 0.285. The van der Waals surface area contributed by atoms with Gasteiger partial charge in [0, 0.05) is 19.2 Å². The summed E-state index contributed by atoms with van der Waals surface area (Å²) in [7, 11) is 3.36. The number of nitrogens with one attached hydrogen (secondary N) is 2. The molecule has 1 saturated carbocycles. The van der Waals surface area contributed by atoms with Crippen LogP contribution >= 0.6 is 24.0 Å². The summed E-state index contributed by atoms with van der Waals surface area (Å²) in [4.78, 5) is 4.26. The molecule has 29 heavy (non-hydrogen) atoms. The fourth-order valence-corrected chi connectivity index (χ4v) is 2.91. The Balaban J connectivity index is 0.00000300. The Hall–Kier alpha value is -2.03. The molecule has 2 N–H and O–H groups in total. The van der Waals surface area contributed by atoms with E-state index < -0.39 is 0 Å². The van der Waals surface area contributed by atoms with Crippen LogP contribution in [0.4, 0.5) is 4.39 Å². The van der Waals surface area contributed by atoms with Crippen LogP contribution in [0.3, 0.4) is 0 Å². The van der Waals surface area contributed by atoms with Gasteiger partial charge in [0.2, 0.25) is 0 Å². The lowest BCUT2D eigenvalue weighted by Gasteiger charge is -2.19. The highest BCUT2D eigenvalue weighted by Crippen LogP contribution is 2.30. The first-order valence-electron chi connectivity index (χ1n) is 9.62. The summed E-state index contributed by atoms with van der Waals surface area (Å²) in [6, 6.07) is 12.8. The fourth-order valence-electron chi connectivity index (χ4n) is 2.91. The summed E-state index contributed by atoms with van der Waals surface area (Å²) in [5.41, 5.74) is 1.86. The molecule has 0 bridgehead atoms. The highest BCUT2D eigenvalue weighted by molar-refractivity contribution is 14.0. The van der Waals surface area contributed by atoms with Crippen molar-refractivity contribution in [2.75, 3.05) is 20.8 Å². The molecule has 3 rings (SSSR count). The summed E-state index contributed by atoms with van der Waals surface area (Å²) in [6.45, 7) is 3.14. The number of ether oxygens (including phenoxy) is 2. The number of hydrogen-bond donors (Lipinski definition) is 2. The van der Waals surface area contributed by atoms with Crippen molar-refractivity contribution < 1.29 is 13.9 Å². The van der Waals surface area contributed by atoms with E-state index in [1.807, 2.05) is 37.3 Å². The number of nitrogens with zero attached hydrogens (tertiary/aromatic N) is 1. The highest BCUT2D eigenvalue weighted by atomic mass is 127. The van der Waals surface area contributed by atoms with Gasteiger partial charge in [-0.2, -0.15) is 0 Å². The standard InChI is InChI=1S/C22H28FN3O2.HI/c1-15(17-10-11-21(19(23)12-17)28-14-16-8-9-16)26-22(24-2)25-13-18-6-4-5-7-20(18)27-3;/h4-7,10-12,15-16H,8-9,13-14H2,1-3H3,(H2,24,25,26);1H. The van der Waals surface area contributed by atoms with E-state index in [4.69, 9.17) is 9.47 Å². The number of methoxy groups -OCH3 is 1. The van der Waals surface area contributed by atoms with Crippen molar-refractivity contribution in [3.05, 3.63) is 59.4 Å². The van der Waals surface area contributed by atoms with Crippen molar-refractivity contribution in [2.45, 2.75) is 32.4 Å². The SMILES string of the molecule is CN=C(NCc1ccccc1OC)NC(C)c1ccc(OCC2CC2)c(F)c1.I. The Labute approximate surface area is 189 Å². The number of para-hydroxylation sites is 1. The van der Waals surface area contributed by atoms with Crippen LogP contribution in [-0.2, 0) is 6.54 Å². The predicted octanol–water partition coefficient (Wildman–Crippen LogP) is 4.67. The molecule has 5 nitrogen and oxygen atoms in total. The van der Waals surface area contributed by atoms with Crippen LogP contribution in [0.25, 0.3) is 0 Å². The molecule has 0 radical (unpaired) electrons. The largest absolute Gasteiger partial charge is 0.496 e. The third-order valence-corrected chi connectivity index (χ3v) is 4.84. The first-order chi connectivity index (χ1) is 13.6. The first kappa shape index (κ1) is 23.3. The van der Waals surface area contributed by atoms with E-state index in [2.05, 4.69) is 15.6 Å². The van der Waals surface area contributed by atoms with E-state index >= 15 is 0 Å². The Morgan fingerprint density at radius 1 is 1.21 bits per heavy atom. The van der Waals surface area contributed by atoms with Crippen LogP contribution in [0.15, 0.2) is 47.5 Å². The molecular weight excluding hydrogens is 484 g/mol. The normalized spacial score (nSPS) is 14.6. The lowest BCUT2D eigenvalue weighted by atomic mass is 10.1. The van der Waals surface area contributed by atoms with E-state index in [-0.39, 0.29) is 35.8 Å². The second kappa shape index (κ2) is 11.2. The van der Waals surface area contributed by atoms with Crippen molar-refractivity contribution in [3.8, 4) is 11.5 Å². The Kier molecular flexibility index (Phi) is 9.00. The van der Waals surface area contributed by atoms with Gasteiger partial charge in [0.15, 0.2) is 17.5 Å². The molecule has 0 saturated heterocycles. The van der Waals surface area contributed by atoms with Gasteiger partial charge in [-0.15, -0.1) is 24.0 Å². The summed E-state index contributed by atoms with van der Waals surface area (Å²) >= 11 is 0. The minimum absolute atomic E-state index is 0. The van der Waals surface area contributed by atoms with Gasteiger partial charge in [-0.3, -0.25) is 4.99 Å². The molecule has 0 spiro atoms. The van der Waals surface area contributed by atoms with Crippen molar-refractivity contribution in [2.24, 2.45) is 10.9 Å². The minimum Gasteiger partial charge on any atom is -0.496 e. The Morgan fingerprint density at radius 3 is 2.62 bits per heavy atom. The average Bonchev–Trinajstić information content (AvgIpc) is 3.54. The predicted molar refractivity (Wildman–Crippen MR) is 125 cm³/mol. The molecule has 1 aliphatic rings. The van der Waals surface area contributed by atoms with Crippen LogP contribution < -0.4 is 20.1 Å². The molecule has 0 amide bonds. The van der Waals surface area contributed by atoms with Gasteiger partial charge in [-0.05, 0) is 49.4 Å². The molecule has 1 fully saturated rings. The third kappa shape index (κ3) is 6.76. The lowest BCUT2D eigenvalue weighted by Crippen LogP contribution is -2.38. The maximum Gasteiger partial charge on any atom is 0.191 e. The smallest absolute Gasteiger partial charge is 0.191 e. The van der Waals surface area contributed by atoms with Gasteiger partial charge in [0.05, 0.1) is 19.8 Å².